The van der Waals surface area contributed by atoms with Crippen molar-refractivity contribution in [2.45, 2.75) is 26.2 Å². The maximum Gasteiger partial charge on any atom is 0.321 e. The minimum Gasteiger partial charge on any atom is -0.355 e. The van der Waals surface area contributed by atoms with Gasteiger partial charge in [-0.25, -0.2) is 13.2 Å². The van der Waals surface area contributed by atoms with E-state index < -0.39 is 10.0 Å². The van der Waals surface area contributed by atoms with E-state index in [0.717, 1.165) is 28.9 Å². The lowest BCUT2D eigenvalue weighted by atomic mass is 9.97. The molecule has 8 nitrogen and oxygen atoms in total. The van der Waals surface area contributed by atoms with Crippen molar-refractivity contribution >= 4 is 33.3 Å². The van der Waals surface area contributed by atoms with Crippen molar-refractivity contribution in [2.75, 3.05) is 41.6 Å². The SMILES string of the molecule is Cc1cccc(NC(=O)N2CCCC(C(=O)NCCS(=O)(=O)N3CCc4ccccc43)C2)c1. The van der Waals surface area contributed by atoms with Crippen LogP contribution in [0.2, 0.25) is 0 Å². The molecule has 1 saturated heterocycles. The van der Waals surface area contributed by atoms with E-state index in [9.17, 15) is 18.0 Å². The number of carbonyl (C=O) groups is 2. The lowest BCUT2D eigenvalue weighted by Gasteiger charge is -2.32. The number of carbonyl (C=O) groups excluding carboxylic acids is 2. The van der Waals surface area contributed by atoms with E-state index in [0.29, 0.717) is 32.5 Å². The zero-order valence-electron chi connectivity index (χ0n) is 18.8. The monoisotopic (exact) mass is 470 g/mol. The van der Waals surface area contributed by atoms with Gasteiger partial charge in [0.2, 0.25) is 15.9 Å². The van der Waals surface area contributed by atoms with Gasteiger partial charge in [0, 0.05) is 31.9 Å². The van der Waals surface area contributed by atoms with Gasteiger partial charge in [0.05, 0.1) is 17.4 Å². The maximum absolute atomic E-state index is 12.8. The predicted octanol–water partition coefficient (Wildman–Crippen LogP) is 2.75. The first-order valence-corrected chi connectivity index (χ1v) is 12.9. The van der Waals surface area contributed by atoms with Crippen LogP contribution in [-0.4, -0.2) is 57.2 Å². The number of nitrogens with zero attached hydrogens (tertiary/aromatic N) is 2. The zero-order valence-corrected chi connectivity index (χ0v) is 19.6. The van der Waals surface area contributed by atoms with Crippen LogP contribution in [0.1, 0.15) is 24.0 Å². The Labute approximate surface area is 195 Å². The van der Waals surface area contributed by atoms with E-state index >= 15 is 0 Å². The van der Waals surface area contributed by atoms with E-state index in [1.54, 1.807) is 4.90 Å². The summed E-state index contributed by atoms with van der Waals surface area (Å²) in [6.07, 6.45) is 2.10. The Morgan fingerprint density at radius 1 is 1.09 bits per heavy atom. The van der Waals surface area contributed by atoms with Gasteiger partial charge >= 0.3 is 6.03 Å². The fourth-order valence-electron chi connectivity index (χ4n) is 4.46. The lowest BCUT2D eigenvalue weighted by molar-refractivity contribution is -0.126. The smallest absolute Gasteiger partial charge is 0.321 e. The van der Waals surface area contributed by atoms with Gasteiger partial charge in [-0.05, 0) is 55.5 Å². The number of benzene rings is 2. The molecule has 1 unspecified atom stereocenters. The minimum atomic E-state index is -3.52. The second kappa shape index (κ2) is 9.82. The van der Waals surface area contributed by atoms with Crippen LogP contribution < -0.4 is 14.9 Å². The summed E-state index contributed by atoms with van der Waals surface area (Å²) in [6, 6.07) is 14.8. The molecule has 1 atom stereocenters. The highest BCUT2D eigenvalue weighted by Gasteiger charge is 2.31. The van der Waals surface area contributed by atoms with Crippen molar-refractivity contribution in [3.63, 3.8) is 0 Å². The molecule has 2 N–H and O–H groups in total. The van der Waals surface area contributed by atoms with Gasteiger partial charge in [0.15, 0.2) is 0 Å². The molecule has 176 valence electrons. The van der Waals surface area contributed by atoms with Crippen LogP contribution in [0.3, 0.4) is 0 Å². The molecular weight excluding hydrogens is 440 g/mol. The average molecular weight is 471 g/mol. The second-order valence-corrected chi connectivity index (χ2v) is 10.7. The Kier molecular flexibility index (Phi) is 6.88. The van der Waals surface area contributed by atoms with Crippen molar-refractivity contribution in [2.24, 2.45) is 5.92 Å². The molecule has 4 rings (SSSR count). The van der Waals surface area contributed by atoms with Gasteiger partial charge in [-0.15, -0.1) is 0 Å². The summed E-state index contributed by atoms with van der Waals surface area (Å²) in [5.41, 5.74) is 3.53. The highest BCUT2D eigenvalue weighted by atomic mass is 32.2. The van der Waals surface area contributed by atoms with E-state index in [1.807, 2.05) is 55.5 Å². The Morgan fingerprint density at radius 3 is 2.73 bits per heavy atom. The van der Waals surface area contributed by atoms with Crippen molar-refractivity contribution in [3.8, 4) is 0 Å². The number of para-hydroxylation sites is 1. The summed E-state index contributed by atoms with van der Waals surface area (Å²) >= 11 is 0. The van der Waals surface area contributed by atoms with Crippen molar-refractivity contribution in [1.82, 2.24) is 10.2 Å². The molecule has 33 heavy (non-hydrogen) atoms. The molecule has 2 aromatic rings. The molecule has 1 fully saturated rings. The summed E-state index contributed by atoms with van der Waals surface area (Å²) in [6.45, 7) is 3.34. The number of nitrogens with one attached hydrogen (secondary N) is 2. The van der Waals surface area contributed by atoms with Gasteiger partial charge in [-0.3, -0.25) is 9.10 Å². The Bertz CT molecular complexity index is 1130. The van der Waals surface area contributed by atoms with Crippen molar-refractivity contribution < 1.29 is 18.0 Å². The number of fused-ring (bicyclic) bond motifs is 1. The van der Waals surface area contributed by atoms with Gasteiger partial charge < -0.3 is 15.5 Å². The van der Waals surface area contributed by atoms with Crippen LogP contribution in [0.5, 0.6) is 0 Å². The highest BCUT2D eigenvalue weighted by molar-refractivity contribution is 7.92. The van der Waals surface area contributed by atoms with Crippen LogP contribution in [0.15, 0.2) is 48.5 Å². The molecule has 3 amide bonds. The van der Waals surface area contributed by atoms with E-state index in [4.69, 9.17) is 0 Å². The number of aryl methyl sites for hydroxylation is 1. The first-order chi connectivity index (χ1) is 15.8. The number of amides is 3. The molecule has 0 radical (unpaired) electrons. The third kappa shape index (κ3) is 5.47. The molecule has 2 heterocycles. The first-order valence-electron chi connectivity index (χ1n) is 11.3. The summed E-state index contributed by atoms with van der Waals surface area (Å²) in [5.74, 6) is -0.713. The van der Waals surface area contributed by atoms with Crippen LogP contribution in [0, 0.1) is 12.8 Å². The number of anilines is 2. The van der Waals surface area contributed by atoms with Gasteiger partial charge in [-0.2, -0.15) is 0 Å². The highest BCUT2D eigenvalue weighted by Crippen LogP contribution is 2.29. The molecule has 2 aromatic carbocycles. The van der Waals surface area contributed by atoms with E-state index in [2.05, 4.69) is 10.6 Å². The van der Waals surface area contributed by atoms with Crippen LogP contribution in [-0.2, 0) is 21.2 Å². The standard InChI is InChI=1S/C24H30N4O4S/c1-18-6-4-9-21(16-18)26-24(30)27-13-5-8-20(17-27)23(29)25-12-15-33(31,32)28-14-11-19-7-2-3-10-22(19)28/h2-4,6-7,9-10,16,20H,5,8,11-15,17H2,1H3,(H,25,29)(H,26,30). The Balaban J connectivity index is 1.27. The molecule has 0 aliphatic carbocycles. The number of sulfonamides is 1. The second-order valence-electron chi connectivity index (χ2n) is 8.64. The molecule has 2 aliphatic rings. The molecule has 9 heteroatoms. The normalized spacial score (nSPS) is 18.0. The summed E-state index contributed by atoms with van der Waals surface area (Å²) < 4.78 is 27.0. The molecule has 0 spiro atoms. The topological polar surface area (TPSA) is 98.8 Å². The summed E-state index contributed by atoms with van der Waals surface area (Å²) in [4.78, 5) is 27.0. The number of hydrogen-bond donors (Lipinski definition) is 2. The third-order valence-corrected chi connectivity index (χ3v) is 7.96. The maximum atomic E-state index is 12.8. The number of hydrogen-bond acceptors (Lipinski definition) is 4. The van der Waals surface area contributed by atoms with Crippen molar-refractivity contribution in [3.05, 3.63) is 59.7 Å². The molecule has 0 bridgehead atoms. The minimum absolute atomic E-state index is 0.0474. The molecule has 0 aromatic heterocycles. The third-order valence-electron chi connectivity index (χ3n) is 6.19. The summed E-state index contributed by atoms with van der Waals surface area (Å²) in [7, 11) is -3.52. The number of rotatable bonds is 6. The first kappa shape index (κ1) is 23.1. The van der Waals surface area contributed by atoms with Gasteiger partial charge in [0.25, 0.3) is 0 Å². The van der Waals surface area contributed by atoms with Crippen LogP contribution in [0.4, 0.5) is 16.2 Å². The molecule has 0 saturated carbocycles. The average Bonchev–Trinajstić information content (AvgIpc) is 3.24. The largest absolute Gasteiger partial charge is 0.355 e. The fourth-order valence-corrected chi connectivity index (χ4v) is 5.88. The summed E-state index contributed by atoms with van der Waals surface area (Å²) in [5, 5.41) is 5.65. The number of piperidine rings is 1. The fraction of sp³-hybridized carbons (Fsp3) is 0.417. The molecular formula is C24H30N4O4S. The van der Waals surface area contributed by atoms with Crippen LogP contribution >= 0.6 is 0 Å². The molecule has 2 aliphatic heterocycles. The van der Waals surface area contributed by atoms with Crippen LogP contribution in [0.25, 0.3) is 0 Å². The predicted molar refractivity (Wildman–Crippen MR) is 129 cm³/mol. The van der Waals surface area contributed by atoms with Gasteiger partial charge in [0.1, 0.15) is 0 Å². The van der Waals surface area contributed by atoms with E-state index in [-0.39, 0.29) is 30.2 Å². The van der Waals surface area contributed by atoms with E-state index in [1.165, 1.54) is 4.31 Å². The Hall–Kier alpha value is -3.07. The zero-order chi connectivity index (χ0) is 23.4. The van der Waals surface area contributed by atoms with Gasteiger partial charge in [-0.1, -0.05) is 30.3 Å². The van der Waals surface area contributed by atoms with Crippen molar-refractivity contribution in [1.29, 1.82) is 0 Å². The Morgan fingerprint density at radius 2 is 1.91 bits per heavy atom. The number of likely N-dealkylation sites (tertiary alicyclic amines) is 1. The quantitative estimate of drug-likeness (QED) is 0.678. The lowest BCUT2D eigenvalue weighted by Crippen LogP contribution is -2.47. The number of urea groups is 1.